The van der Waals surface area contributed by atoms with Gasteiger partial charge in [-0.05, 0) is 27.0 Å². The summed E-state index contributed by atoms with van der Waals surface area (Å²) in [6.45, 7) is 3.30. The van der Waals surface area contributed by atoms with E-state index in [0.29, 0.717) is 0 Å². The highest BCUT2D eigenvalue weighted by molar-refractivity contribution is 5.47. The van der Waals surface area contributed by atoms with Crippen LogP contribution in [0, 0.1) is 27.3 Å². The molecule has 0 aliphatic heterocycles. The van der Waals surface area contributed by atoms with E-state index in [1.807, 2.05) is 0 Å². The predicted octanol–water partition coefficient (Wildman–Crippen LogP) is 2.39. The van der Waals surface area contributed by atoms with Gasteiger partial charge in [0.05, 0.1) is 17.1 Å². The molecular weight excluding hydrogens is 265 g/mol. The van der Waals surface area contributed by atoms with Gasteiger partial charge < -0.3 is 10.1 Å². The normalized spacial score (nSPS) is 14.9. The summed E-state index contributed by atoms with van der Waals surface area (Å²) in [5, 5.41) is 22.7. The Morgan fingerprint density at radius 1 is 1.65 bits per heavy atom. The maximum Gasteiger partial charge on any atom is 0.314 e. The third-order valence-electron chi connectivity index (χ3n) is 2.96. The van der Waals surface area contributed by atoms with Crippen LogP contribution in [-0.2, 0) is 0 Å². The second-order valence-corrected chi connectivity index (χ2v) is 4.67. The van der Waals surface area contributed by atoms with Crippen molar-refractivity contribution in [3.63, 3.8) is 0 Å². The average molecular weight is 281 g/mol. The lowest BCUT2D eigenvalue weighted by Gasteiger charge is -2.25. The number of nitrogens with zero attached hydrogens (tertiary/aromatic N) is 2. The van der Waals surface area contributed by atoms with Crippen molar-refractivity contribution in [3.05, 3.63) is 34.1 Å². The van der Waals surface area contributed by atoms with Crippen molar-refractivity contribution < 1.29 is 14.1 Å². The number of benzene rings is 1. The Morgan fingerprint density at radius 2 is 2.30 bits per heavy atom. The molecule has 7 heteroatoms. The Morgan fingerprint density at radius 3 is 2.80 bits per heavy atom. The van der Waals surface area contributed by atoms with Crippen molar-refractivity contribution in [2.75, 3.05) is 7.05 Å². The van der Waals surface area contributed by atoms with Crippen molar-refractivity contribution in [1.82, 2.24) is 5.32 Å². The zero-order chi connectivity index (χ0) is 15.3. The van der Waals surface area contributed by atoms with Crippen LogP contribution in [0.1, 0.15) is 20.3 Å². The SMILES string of the molecule is CNC(C)(C#N)CC(C)Oc1c(F)cccc1[N+](=O)[O-]. The van der Waals surface area contributed by atoms with Crippen molar-refractivity contribution >= 4 is 5.69 Å². The largest absolute Gasteiger partial charge is 0.482 e. The zero-order valence-corrected chi connectivity index (χ0v) is 11.5. The number of nitro benzene ring substituents is 1. The highest BCUT2D eigenvalue weighted by Crippen LogP contribution is 2.31. The predicted molar refractivity (Wildman–Crippen MR) is 70.8 cm³/mol. The first kappa shape index (κ1) is 15.9. The molecule has 0 fully saturated rings. The second kappa shape index (κ2) is 6.30. The summed E-state index contributed by atoms with van der Waals surface area (Å²) in [5.41, 5.74) is -1.28. The number of halogens is 1. The summed E-state index contributed by atoms with van der Waals surface area (Å²) < 4.78 is 19.0. The molecule has 2 unspecified atom stereocenters. The minimum atomic E-state index is -0.848. The van der Waals surface area contributed by atoms with E-state index in [4.69, 9.17) is 10.00 Å². The van der Waals surface area contributed by atoms with E-state index in [9.17, 15) is 14.5 Å². The summed E-state index contributed by atoms with van der Waals surface area (Å²) in [7, 11) is 1.63. The van der Waals surface area contributed by atoms with E-state index >= 15 is 0 Å². The molecule has 1 N–H and O–H groups in total. The molecule has 0 radical (unpaired) electrons. The van der Waals surface area contributed by atoms with Gasteiger partial charge in [0.2, 0.25) is 5.75 Å². The number of para-hydroxylation sites is 1. The van der Waals surface area contributed by atoms with Crippen molar-refractivity contribution in [3.8, 4) is 11.8 Å². The van der Waals surface area contributed by atoms with Crippen LogP contribution in [0.5, 0.6) is 5.75 Å². The third kappa shape index (κ3) is 3.65. The van der Waals surface area contributed by atoms with Gasteiger partial charge in [-0.15, -0.1) is 0 Å². The Bertz CT molecular complexity index is 544. The number of hydrogen-bond acceptors (Lipinski definition) is 5. The molecule has 1 aromatic carbocycles. The molecule has 0 aromatic heterocycles. The molecule has 0 spiro atoms. The minimum Gasteiger partial charge on any atom is -0.482 e. The molecular formula is C13H16FN3O3. The molecule has 20 heavy (non-hydrogen) atoms. The van der Waals surface area contributed by atoms with E-state index in [1.165, 1.54) is 12.1 Å². The van der Waals surface area contributed by atoms with Gasteiger partial charge in [-0.2, -0.15) is 5.26 Å². The molecule has 1 rings (SSSR count). The number of ether oxygens (including phenoxy) is 1. The maximum absolute atomic E-state index is 13.7. The Kier molecular flexibility index (Phi) is 5.00. The lowest BCUT2D eigenvalue weighted by atomic mass is 9.97. The van der Waals surface area contributed by atoms with Gasteiger partial charge in [-0.3, -0.25) is 10.1 Å². The number of hydrogen-bond donors (Lipinski definition) is 1. The fraction of sp³-hybridized carbons (Fsp3) is 0.462. The van der Waals surface area contributed by atoms with Crippen LogP contribution in [0.2, 0.25) is 0 Å². The Balaban J connectivity index is 2.94. The number of nitro groups is 1. The van der Waals surface area contributed by atoms with Crippen LogP contribution in [0.4, 0.5) is 10.1 Å². The quantitative estimate of drug-likeness (QED) is 0.639. The lowest BCUT2D eigenvalue weighted by molar-refractivity contribution is -0.386. The molecule has 0 bridgehead atoms. The van der Waals surface area contributed by atoms with Crippen LogP contribution in [0.25, 0.3) is 0 Å². The highest BCUT2D eigenvalue weighted by atomic mass is 19.1. The molecule has 0 heterocycles. The Hall–Kier alpha value is -2.20. The van der Waals surface area contributed by atoms with Crippen molar-refractivity contribution in [2.24, 2.45) is 0 Å². The van der Waals surface area contributed by atoms with E-state index in [2.05, 4.69) is 11.4 Å². The fourth-order valence-electron chi connectivity index (χ4n) is 1.78. The molecule has 6 nitrogen and oxygen atoms in total. The van der Waals surface area contributed by atoms with Gasteiger partial charge in [0.1, 0.15) is 5.54 Å². The molecule has 0 amide bonds. The van der Waals surface area contributed by atoms with E-state index in [1.54, 1.807) is 20.9 Å². The van der Waals surface area contributed by atoms with Gasteiger partial charge in [0.25, 0.3) is 0 Å². The van der Waals surface area contributed by atoms with Gasteiger partial charge in [-0.1, -0.05) is 6.07 Å². The first-order valence-corrected chi connectivity index (χ1v) is 6.02. The second-order valence-electron chi connectivity index (χ2n) is 4.67. The van der Waals surface area contributed by atoms with Crippen LogP contribution in [-0.4, -0.2) is 23.6 Å². The summed E-state index contributed by atoms with van der Waals surface area (Å²) in [4.78, 5) is 10.1. The molecule has 0 aliphatic carbocycles. The van der Waals surface area contributed by atoms with Gasteiger partial charge in [0.15, 0.2) is 5.82 Å². The van der Waals surface area contributed by atoms with Crippen LogP contribution in [0.3, 0.4) is 0 Å². The van der Waals surface area contributed by atoms with E-state index < -0.39 is 33.8 Å². The molecule has 0 aliphatic rings. The van der Waals surface area contributed by atoms with Crippen molar-refractivity contribution in [2.45, 2.75) is 31.9 Å². The summed E-state index contributed by atoms with van der Waals surface area (Å²) >= 11 is 0. The summed E-state index contributed by atoms with van der Waals surface area (Å²) in [6.07, 6.45) is -0.311. The van der Waals surface area contributed by atoms with Crippen LogP contribution < -0.4 is 10.1 Å². The molecule has 108 valence electrons. The number of rotatable bonds is 6. The van der Waals surface area contributed by atoms with E-state index in [0.717, 1.165) is 6.07 Å². The zero-order valence-electron chi connectivity index (χ0n) is 11.5. The molecule has 0 saturated heterocycles. The lowest BCUT2D eigenvalue weighted by Crippen LogP contribution is -2.41. The highest BCUT2D eigenvalue weighted by Gasteiger charge is 2.28. The van der Waals surface area contributed by atoms with Crippen LogP contribution >= 0.6 is 0 Å². The van der Waals surface area contributed by atoms with Crippen LogP contribution in [0.15, 0.2) is 18.2 Å². The monoisotopic (exact) mass is 281 g/mol. The fourth-order valence-corrected chi connectivity index (χ4v) is 1.78. The minimum absolute atomic E-state index is 0.255. The topological polar surface area (TPSA) is 88.2 Å². The third-order valence-corrected chi connectivity index (χ3v) is 2.96. The van der Waals surface area contributed by atoms with Crippen molar-refractivity contribution in [1.29, 1.82) is 5.26 Å². The van der Waals surface area contributed by atoms with E-state index in [-0.39, 0.29) is 6.42 Å². The van der Waals surface area contributed by atoms with Gasteiger partial charge in [-0.25, -0.2) is 4.39 Å². The molecule has 1 aromatic rings. The smallest absolute Gasteiger partial charge is 0.314 e. The first-order valence-electron chi connectivity index (χ1n) is 6.02. The summed E-state index contributed by atoms with van der Waals surface area (Å²) in [5.74, 6) is -1.20. The Labute approximate surface area is 116 Å². The standard InChI is InChI=1S/C13H16FN3O3/c1-9(7-13(2,8-15)16-3)20-12-10(14)5-4-6-11(12)17(18)19/h4-6,9,16H,7H2,1-3H3. The molecule has 2 atom stereocenters. The summed E-state index contributed by atoms with van der Waals surface area (Å²) in [6, 6.07) is 5.59. The number of nitriles is 1. The number of nitrogens with one attached hydrogen (secondary N) is 1. The maximum atomic E-state index is 13.7. The molecule has 0 saturated carbocycles. The van der Waals surface area contributed by atoms with Gasteiger partial charge >= 0.3 is 5.69 Å². The van der Waals surface area contributed by atoms with Gasteiger partial charge in [0, 0.05) is 12.5 Å². The first-order chi connectivity index (χ1) is 9.33. The average Bonchev–Trinajstić information content (AvgIpc) is 2.40.